The topological polar surface area (TPSA) is 116 Å². The van der Waals surface area contributed by atoms with Gasteiger partial charge in [-0.3, -0.25) is 9.59 Å². The number of nitrogens with zero attached hydrogens (tertiary/aromatic N) is 2. The second-order valence-electron chi connectivity index (χ2n) is 7.64. The highest BCUT2D eigenvalue weighted by Gasteiger charge is 2.27. The van der Waals surface area contributed by atoms with Crippen LogP contribution in [0.3, 0.4) is 0 Å². The van der Waals surface area contributed by atoms with Crippen LogP contribution in [-0.2, 0) is 25.6 Å². The molecule has 0 spiro atoms. The molecule has 1 N–H and O–H groups in total. The Labute approximate surface area is 236 Å². The zero-order chi connectivity index (χ0) is 27.8. The number of carbonyl (C=O) groups excluding carboxylic acids is 4. The molecule has 9 nitrogen and oxygen atoms in total. The summed E-state index contributed by atoms with van der Waals surface area (Å²) in [5.74, 6) is -2.17. The van der Waals surface area contributed by atoms with Crippen LogP contribution in [0.25, 0.3) is 10.2 Å². The van der Waals surface area contributed by atoms with Gasteiger partial charge in [-0.2, -0.15) is 4.99 Å². The number of halogens is 1. The molecule has 0 radical (unpaired) electrons. The molecule has 38 heavy (non-hydrogen) atoms. The van der Waals surface area contributed by atoms with Crippen LogP contribution in [0, 0.1) is 6.92 Å². The number of carbonyl (C=O) groups is 4. The van der Waals surface area contributed by atoms with Gasteiger partial charge in [0.15, 0.2) is 4.80 Å². The summed E-state index contributed by atoms with van der Waals surface area (Å²) in [6.45, 7) is 9.48. The zero-order valence-electron chi connectivity index (χ0n) is 21.0. The minimum absolute atomic E-state index is 0.0290. The predicted octanol–water partition coefficient (Wildman–Crippen LogP) is 5.06. The Morgan fingerprint density at radius 3 is 2.53 bits per heavy atom. The van der Waals surface area contributed by atoms with Crippen LogP contribution in [-0.4, -0.2) is 53.0 Å². The number of esters is 2. The molecule has 0 saturated carbocycles. The zero-order valence-corrected chi connectivity index (χ0v) is 24.2. The molecule has 13 heteroatoms. The lowest BCUT2D eigenvalue weighted by atomic mass is 10.1. The van der Waals surface area contributed by atoms with Crippen LogP contribution in [0.1, 0.15) is 39.4 Å². The predicted molar refractivity (Wildman–Crippen MR) is 153 cm³/mol. The number of benzene rings is 1. The van der Waals surface area contributed by atoms with Crippen LogP contribution in [0.4, 0.5) is 5.00 Å². The third kappa shape index (κ3) is 7.13. The summed E-state index contributed by atoms with van der Waals surface area (Å²) in [5, 5.41) is 3.45. The summed E-state index contributed by atoms with van der Waals surface area (Å²) in [6, 6.07) is 5.45. The number of thiophene rings is 1. The maximum absolute atomic E-state index is 12.6. The number of ether oxygens (including phenoxy) is 2. The van der Waals surface area contributed by atoms with Crippen molar-refractivity contribution >= 4 is 85.0 Å². The Morgan fingerprint density at radius 2 is 1.84 bits per heavy atom. The molecule has 0 atom stereocenters. The van der Waals surface area contributed by atoms with Gasteiger partial charge in [0.2, 0.25) is 5.91 Å². The minimum atomic E-state index is -0.647. The number of aromatic nitrogens is 1. The number of thioether (sulfide) groups is 1. The number of thiazole rings is 1. The number of fused-ring (bicyclic) bond motifs is 1. The van der Waals surface area contributed by atoms with Gasteiger partial charge in [0, 0.05) is 11.6 Å². The lowest BCUT2D eigenvalue weighted by molar-refractivity contribution is -0.115. The summed E-state index contributed by atoms with van der Waals surface area (Å²) >= 11 is 9.46. The van der Waals surface area contributed by atoms with E-state index in [1.165, 1.54) is 11.3 Å². The summed E-state index contributed by atoms with van der Waals surface area (Å²) < 4.78 is 12.9. The standard InChI is InChI=1S/C25H26ClN3O6S3/c1-5-10-29-16-9-8-15(26)11-17(16)37-25(29)28-19(31)13-36-12-18(30)27-22-20(23(32)34-6-2)14(4)21(38-22)24(33)35-7-3/h5,8-9,11H,1,6-7,10,12-13H2,2-4H3,(H,27,30). The van der Waals surface area contributed by atoms with Gasteiger partial charge >= 0.3 is 11.9 Å². The molecule has 1 aromatic carbocycles. The summed E-state index contributed by atoms with van der Waals surface area (Å²) in [6.07, 6.45) is 1.72. The number of hydrogen-bond acceptors (Lipinski definition) is 9. The quantitative estimate of drug-likeness (QED) is 0.243. The molecule has 202 valence electrons. The number of nitrogens with one attached hydrogen (secondary N) is 1. The van der Waals surface area contributed by atoms with Gasteiger partial charge in [-0.05, 0) is 44.5 Å². The minimum Gasteiger partial charge on any atom is -0.462 e. The SMILES string of the molecule is C=CCn1c(=NC(=O)CSCC(=O)Nc2sc(C(=O)OCC)c(C)c2C(=O)OCC)sc2cc(Cl)ccc21. The Bertz CT molecular complexity index is 1460. The maximum atomic E-state index is 12.6. The Hall–Kier alpha value is -2.93. The van der Waals surface area contributed by atoms with E-state index in [1.807, 2.05) is 16.7 Å². The van der Waals surface area contributed by atoms with Crippen LogP contribution < -0.4 is 10.1 Å². The third-order valence-corrected chi connectivity index (χ3v) is 8.36. The van der Waals surface area contributed by atoms with E-state index in [2.05, 4.69) is 16.9 Å². The lowest BCUT2D eigenvalue weighted by Crippen LogP contribution is -2.19. The molecule has 0 unspecified atom stereocenters. The van der Waals surface area contributed by atoms with Crippen molar-refractivity contribution < 1.29 is 28.7 Å². The summed E-state index contributed by atoms with van der Waals surface area (Å²) in [5.41, 5.74) is 1.38. The lowest BCUT2D eigenvalue weighted by Gasteiger charge is -2.07. The number of hydrogen-bond donors (Lipinski definition) is 1. The normalized spacial score (nSPS) is 11.4. The highest BCUT2D eigenvalue weighted by atomic mass is 35.5. The van der Waals surface area contributed by atoms with Gasteiger partial charge in [-0.25, -0.2) is 9.59 Å². The average molecular weight is 596 g/mol. The molecular weight excluding hydrogens is 570 g/mol. The van der Waals surface area contributed by atoms with E-state index in [0.717, 1.165) is 33.3 Å². The fourth-order valence-corrected chi connectivity index (χ4v) is 6.45. The van der Waals surface area contributed by atoms with Crippen molar-refractivity contribution in [3.05, 3.63) is 56.7 Å². The van der Waals surface area contributed by atoms with Crippen LogP contribution in [0.2, 0.25) is 5.02 Å². The van der Waals surface area contributed by atoms with E-state index in [-0.39, 0.29) is 40.2 Å². The molecule has 0 bridgehead atoms. The van der Waals surface area contributed by atoms with Gasteiger partial charge in [0.05, 0.1) is 40.5 Å². The number of rotatable bonds is 11. The second kappa shape index (κ2) is 13.7. The molecule has 2 heterocycles. The van der Waals surface area contributed by atoms with E-state index in [0.29, 0.717) is 21.9 Å². The third-order valence-electron chi connectivity index (χ3n) is 4.98. The van der Waals surface area contributed by atoms with Crippen LogP contribution in [0.5, 0.6) is 0 Å². The van der Waals surface area contributed by atoms with Crippen molar-refractivity contribution in [2.45, 2.75) is 27.3 Å². The first-order valence-corrected chi connectivity index (χ1v) is 14.7. The molecule has 0 aliphatic heterocycles. The Morgan fingerprint density at radius 1 is 1.13 bits per heavy atom. The van der Waals surface area contributed by atoms with Crippen molar-refractivity contribution in [1.82, 2.24) is 4.57 Å². The molecule has 3 rings (SSSR count). The fraction of sp³-hybridized carbons (Fsp3) is 0.320. The largest absolute Gasteiger partial charge is 0.462 e. The molecule has 2 amide bonds. The molecule has 2 aromatic heterocycles. The van der Waals surface area contributed by atoms with Gasteiger partial charge in [-0.15, -0.1) is 29.7 Å². The molecular formula is C25H26ClN3O6S3. The highest BCUT2D eigenvalue weighted by Crippen LogP contribution is 2.34. The fourth-order valence-electron chi connectivity index (χ4n) is 3.41. The van der Waals surface area contributed by atoms with E-state index >= 15 is 0 Å². The molecule has 0 saturated heterocycles. The monoisotopic (exact) mass is 595 g/mol. The van der Waals surface area contributed by atoms with E-state index in [4.69, 9.17) is 21.1 Å². The summed E-state index contributed by atoms with van der Waals surface area (Å²) in [4.78, 5) is 54.9. The molecule has 0 aliphatic rings. The van der Waals surface area contributed by atoms with Gasteiger partial charge in [-0.1, -0.05) is 29.0 Å². The smallest absolute Gasteiger partial charge is 0.348 e. The van der Waals surface area contributed by atoms with Crippen LogP contribution >= 0.6 is 46.0 Å². The van der Waals surface area contributed by atoms with E-state index < -0.39 is 23.8 Å². The van der Waals surface area contributed by atoms with E-state index in [1.54, 1.807) is 32.9 Å². The van der Waals surface area contributed by atoms with Gasteiger partial charge < -0.3 is 19.4 Å². The van der Waals surface area contributed by atoms with Crippen molar-refractivity contribution in [3.8, 4) is 0 Å². The Kier molecular flexibility index (Phi) is 10.7. The maximum Gasteiger partial charge on any atom is 0.348 e. The Balaban J connectivity index is 1.70. The first-order valence-electron chi connectivity index (χ1n) is 11.5. The highest BCUT2D eigenvalue weighted by molar-refractivity contribution is 8.00. The van der Waals surface area contributed by atoms with Gasteiger partial charge in [0.25, 0.3) is 5.91 Å². The van der Waals surface area contributed by atoms with Crippen LogP contribution in [0.15, 0.2) is 35.8 Å². The van der Waals surface area contributed by atoms with E-state index in [9.17, 15) is 19.2 Å². The molecule has 3 aromatic rings. The average Bonchev–Trinajstić information content (AvgIpc) is 3.35. The van der Waals surface area contributed by atoms with Crippen molar-refractivity contribution in [2.75, 3.05) is 30.0 Å². The number of allylic oxidation sites excluding steroid dienone is 1. The number of anilines is 1. The first-order chi connectivity index (χ1) is 18.2. The van der Waals surface area contributed by atoms with Crippen molar-refractivity contribution in [2.24, 2.45) is 4.99 Å². The van der Waals surface area contributed by atoms with Gasteiger partial charge in [0.1, 0.15) is 9.88 Å². The second-order valence-corrected chi connectivity index (χ2v) is 11.1. The number of amides is 2. The molecule has 0 fully saturated rings. The first kappa shape index (κ1) is 29.6. The van der Waals surface area contributed by atoms with Crippen molar-refractivity contribution in [3.63, 3.8) is 0 Å². The van der Waals surface area contributed by atoms with Crippen molar-refractivity contribution in [1.29, 1.82) is 0 Å². The molecule has 0 aliphatic carbocycles. The summed E-state index contributed by atoms with van der Waals surface area (Å²) in [7, 11) is 0.